The van der Waals surface area contributed by atoms with E-state index in [1.54, 1.807) is 0 Å². The van der Waals surface area contributed by atoms with Gasteiger partial charge in [0.25, 0.3) is 0 Å². The molecule has 2 fully saturated rings. The number of hydrogen-bond donors (Lipinski definition) is 1. The standard InChI is InChI=1S/C30H42O2/c1-21-16-23(27(31)25(18-21)29(3)12-8-6-9-13-29)20-24-17-22(2)19-26(28(24)32-5)30(4)14-10-7-11-15-30/h16-19,31H,6-15,20H2,1-5H3. The summed E-state index contributed by atoms with van der Waals surface area (Å²) >= 11 is 0. The molecule has 0 heterocycles. The summed E-state index contributed by atoms with van der Waals surface area (Å²) in [5.74, 6) is 1.54. The van der Waals surface area contributed by atoms with Crippen LogP contribution in [0.25, 0.3) is 0 Å². The second-order valence-corrected chi connectivity index (χ2v) is 11.2. The molecule has 0 aliphatic heterocycles. The van der Waals surface area contributed by atoms with Crippen molar-refractivity contribution in [1.29, 1.82) is 0 Å². The van der Waals surface area contributed by atoms with Gasteiger partial charge in [0.15, 0.2) is 0 Å². The zero-order valence-corrected chi connectivity index (χ0v) is 20.9. The number of rotatable bonds is 5. The van der Waals surface area contributed by atoms with Gasteiger partial charge in [0.1, 0.15) is 11.5 Å². The summed E-state index contributed by atoms with van der Waals surface area (Å²) in [6.07, 6.45) is 13.3. The van der Waals surface area contributed by atoms with Crippen LogP contribution in [0.2, 0.25) is 0 Å². The first-order valence-corrected chi connectivity index (χ1v) is 12.8. The molecule has 0 unspecified atom stereocenters. The molecular weight excluding hydrogens is 392 g/mol. The van der Waals surface area contributed by atoms with Crippen molar-refractivity contribution >= 4 is 0 Å². The summed E-state index contributed by atoms with van der Waals surface area (Å²) < 4.78 is 6.08. The highest BCUT2D eigenvalue weighted by atomic mass is 16.5. The van der Waals surface area contributed by atoms with E-state index in [1.165, 1.54) is 86.5 Å². The molecule has 0 aromatic heterocycles. The monoisotopic (exact) mass is 434 g/mol. The molecule has 0 saturated heterocycles. The minimum absolute atomic E-state index is 0.0839. The highest BCUT2D eigenvalue weighted by Crippen LogP contribution is 2.47. The van der Waals surface area contributed by atoms with Gasteiger partial charge in [-0.25, -0.2) is 0 Å². The first-order chi connectivity index (χ1) is 15.3. The molecule has 2 nitrogen and oxygen atoms in total. The molecule has 1 N–H and O–H groups in total. The quantitative estimate of drug-likeness (QED) is 0.516. The number of ether oxygens (including phenoxy) is 1. The van der Waals surface area contributed by atoms with Gasteiger partial charge in [0.05, 0.1) is 7.11 Å². The van der Waals surface area contributed by atoms with Crippen molar-refractivity contribution in [1.82, 2.24) is 0 Å². The first kappa shape index (κ1) is 23.2. The Morgan fingerprint density at radius 3 is 1.72 bits per heavy atom. The fraction of sp³-hybridized carbons (Fsp3) is 0.600. The van der Waals surface area contributed by atoms with Gasteiger partial charge in [-0.1, -0.05) is 87.8 Å². The van der Waals surface area contributed by atoms with Gasteiger partial charge in [0.2, 0.25) is 0 Å². The topological polar surface area (TPSA) is 29.5 Å². The Balaban J connectivity index is 1.76. The largest absolute Gasteiger partial charge is 0.507 e. The zero-order chi connectivity index (χ0) is 22.9. The normalized spacial score (nSPS) is 20.2. The maximum atomic E-state index is 11.5. The zero-order valence-electron chi connectivity index (χ0n) is 20.9. The SMILES string of the molecule is COc1c(Cc2cc(C)cc(C3(C)CCCCC3)c2O)cc(C)cc1C1(C)CCCCC1. The molecule has 2 aliphatic carbocycles. The smallest absolute Gasteiger partial charge is 0.126 e. The van der Waals surface area contributed by atoms with Crippen molar-refractivity contribution in [3.8, 4) is 11.5 Å². The maximum absolute atomic E-state index is 11.5. The third-order valence-corrected chi connectivity index (χ3v) is 8.44. The van der Waals surface area contributed by atoms with E-state index < -0.39 is 0 Å². The van der Waals surface area contributed by atoms with Crippen molar-refractivity contribution in [2.24, 2.45) is 0 Å². The molecular formula is C30H42O2. The number of hydrogen-bond acceptors (Lipinski definition) is 2. The van der Waals surface area contributed by atoms with Crippen molar-refractivity contribution in [3.05, 3.63) is 57.6 Å². The van der Waals surface area contributed by atoms with E-state index in [0.717, 1.165) is 16.9 Å². The number of aryl methyl sites for hydroxylation is 2. The van der Waals surface area contributed by atoms with Crippen LogP contribution in [0.1, 0.15) is 111 Å². The van der Waals surface area contributed by atoms with E-state index in [2.05, 4.69) is 52.0 Å². The van der Waals surface area contributed by atoms with Gasteiger partial charge >= 0.3 is 0 Å². The van der Waals surface area contributed by atoms with Gasteiger partial charge in [-0.15, -0.1) is 0 Å². The molecule has 32 heavy (non-hydrogen) atoms. The van der Waals surface area contributed by atoms with Crippen molar-refractivity contribution in [2.75, 3.05) is 7.11 Å². The van der Waals surface area contributed by atoms with E-state index in [-0.39, 0.29) is 10.8 Å². The molecule has 4 rings (SSSR count). The van der Waals surface area contributed by atoms with Gasteiger partial charge in [-0.3, -0.25) is 0 Å². The summed E-state index contributed by atoms with van der Waals surface area (Å²) in [6, 6.07) is 9.01. The predicted molar refractivity (Wildman–Crippen MR) is 134 cm³/mol. The Hall–Kier alpha value is -1.96. The van der Waals surface area contributed by atoms with Crippen LogP contribution in [0.4, 0.5) is 0 Å². The molecule has 0 radical (unpaired) electrons. The third kappa shape index (κ3) is 4.43. The van der Waals surface area contributed by atoms with E-state index in [0.29, 0.717) is 12.2 Å². The molecule has 2 aromatic rings. The molecule has 2 aliphatic rings. The summed E-state index contributed by atoms with van der Waals surface area (Å²) in [6.45, 7) is 9.13. The molecule has 2 heteroatoms. The fourth-order valence-electron chi connectivity index (χ4n) is 6.53. The molecule has 0 amide bonds. The van der Waals surface area contributed by atoms with Crippen LogP contribution in [0.3, 0.4) is 0 Å². The Morgan fingerprint density at radius 1 is 0.719 bits per heavy atom. The van der Waals surface area contributed by atoms with Crippen molar-refractivity contribution in [3.63, 3.8) is 0 Å². The summed E-state index contributed by atoms with van der Waals surface area (Å²) in [5, 5.41) is 11.5. The highest BCUT2D eigenvalue weighted by molar-refractivity contribution is 5.54. The number of phenols is 1. The lowest BCUT2D eigenvalue weighted by atomic mass is 9.69. The van der Waals surface area contributed by atoms with Crippen molar-refractivity contribution < 1.29 is 9.84 Å². The number of methoxy groups -OCH3 is 1. The Kier molecular flexibility index (Phi) is 6.61. The summed E-state index contributed by atoms with van der Waals surface area (Å²) in [4.78, 5) is 0. The van der Waals surface area contributed by atoms with Crippen molar-refractivity contribution in [2.45, 2.75) is 109 Å². The maximum Gasteiger partial charge on any atom is 0.126 e. The molecule has 0 spiro atoms. The van der Waals surface area contributed by atoms with Crippen LogP contribution in [-0.4, -0.2) is 12.2 Å². The molecule has 2 aromatic carbocycles. The predicted octanol–water partition coefficient (Wildman–Crippen LogP) is 8.05. The average molecular weight is 435 g/mol. The average Bonchev–Trinajstić information content (AvgIpc) is 2.76. The van der Waals surface area contributed by atoms with Crippen LogP contribution < -0.4 is 4.74 Å². The summed E-state index contributed by atoms with van der Waals surface area (Å²) in [5.41, 5.74) is 7.55. The second-order valence-electron chi connectivity index (χ2n) is 11.2. The lowest BCUT2D eigenvalue weighted by Gasteiger charge is -2.36. The first-order valence-electron chi connectivity index (χ1n) is 12.8. The molecule has 2 saturated carbocycles. The van der Waals surface area contributed by atoms with E-state index in [4.69, 9.17) is 4.74 Å². The Labute approximate surface area is 195 Å². The molecule has 174 valence electrons. The van der Waals surface area contributed by atoms with Gasteiger partial charge < -0.3 is 9.84 Å². The molecule has 0 bridgehead atoms. The van der Waals surface area contributed by atoms with Gasteiger partial charge in [0, 0.05) is 17.5 Å². The van der Waals surface area contributed by atoms with Crippen LogP contribution in [0, 0.1) is 13.8 Å². The van der Waals surface area contributed by atoms with Crippen LogP contribution >= 0.6 is 0 Å². The Morgan fingerprint density at radius 2 is 1.19 bits per heavy atom. The fourth-order valence-corrected chi connectivity index (χ4v) is 6.53. The summed E-state index contributed by atoms with van der Waals surface area (Å²) in [7, 11) is 1.81. The van der Waals surface area contributed by atoms with Crippen LogP contribution in [0.15, 0.2) is 24.3 Å². The van der Waals surface area contributed by atoms with E-state index in [1.807, 2.05) is 7.11 Å². The lowest BCUT2D eigenvalue weighted by Crippen LogP contribution is -2.26. The minimum atomic E-state index is 0.0839. The van der Waals surface area contributed by atoms with Gasteiger partial charge in [-0.05, 0) is 61.5 Å². The molecule has 0 atom stereocenters. The van der Waals surface area contributed by atoms with E-state index >= 15 is 0 Å². The number of phenolic OH excluding ortho intramolecular Hbond substituents is 1. The Bertz CT molecular complexity index is 959. The second kappa shape index (κ2) is 9.12. The van der Waals surface area contributed by atoms with Gasteiger partial charge in [-0.2, -0.15) is 0 Å². The van der Waals surface area contributed by atoms with Crippen LogP contribution in [-0.2, 0) is 17.3 Å². The lowest BCUT2D eigenvalue weighted by molar-refractivity contribution is 0.303. The number of benzene rings is 2. The van der Waals surface area contributed by atoms with E-state index in [9.17, 15) is 5.11 Å². The number of aromatic hydroxyl groups is 1. The van der Waals surface area contributed by atoms with Crippen LogP contribution in [0.5, 0.6) is 11.5 Å². The highest BCUT2D eigenvalue weighted by Gasteiger charge is 2.34. The third-order valence-electron chi connectivity index (χ3n) is 8.44. The minimum Gasteiger partial charge on any atom is -0.507 e.